The van der Waals surface area contributed by atoms with Gasteiger partial charge in [0.1, 0.15) is 17.1 Å². The normalized spacial score (nSPS) is 16.2. The first-order valence-corrected chi connectivity index (χ1v) is 11.4. The van der Waals surface area contributed by atoms with Crippen LogP contribution in [0.2, 0.25) is 0 Å². The van der Waals surface area contributed by atoms with Crippen LogP contribution in [0.1, 0.15) is 37.0 Å². The lowest BCUT2D eigenvalue weighted by Gasteiger charge is -2.40. The maximum absolute atomic E-state index is 15.8. The number of aryl methyl sites for hydroxylation is 1. The highest BCUT2D eigenvalue weighted by atomic mass is 19.1. The van der Waals surface area contributed by atoms with Crippen LogP contribution in [-0.4, -0.2) is 64.8 Å². The summed E-state index contributed by atoms with van der Waals surface area (Å²) in [6, 6.07) is 0.599. The number of rotatable bonds is 12. The number of hydrazine groups is 1. The van der Waals surface area contributed by atoms with Crippen molar-refractivity contribution in [3.63, 3.8) is 0 Å². The van der Waals surface area contributed by atoms with E-state index in [0.717, 1.165) is 6.07 Å². The highest BCUT2D eigenvalue weighted by Crippen LogP contribution is 2.31. The number of hydrogen-bond acceptors (Lipinski definition) is 12. The Balaban J connectivity index is 1.85. The number of carbonyl (C=O) groups is 1. The van der Waals surface area contributed by atoms with E-state index in [1.807, 2.05) is 0 Å². The zero-order valence-corrected chi connectivity index (χ0v) is 20.1. The third-order valence-electron chi connectivity index (χ3n) is 5.89. The first-order valence-electron chi connectivity index (χ1n) is 11.4. The predicted molar refractivity (Wildman–Crippen MR) is 123 cm³/mol. The number of fused-ring (bicyclic) bond motifs is 1. The molecule has 1 aliphatic rings. The maximum Gasteiger partial charge on any atom is 0.343 e. The quantitative estimate of drug-likeness (QED) is 0.135. The van der Waals surface area contributed by atoms with Gasteiger partial charge >= 0.3 is 5.97 Å². The van der Waals surface area contributed by atoms with Gasteiger partial charge in [0.2, 0.25) is 5.43 Å². The second kappa shape index (κ2) is 12.7. The molecule has 0 amide bonds. The molecule has 1 aromatic carbocycles. The molecule has 0 bridgehead atoms. The average Bonchev–Trinajstić information content (AvgIpc) is 2.85. The lowest BCUT2D eigenvalue weighted by molar-refractivity contribution is -0.757. The molecule has 2 N–H and O–H groups in total. The number of hydrogen-bond donors (Lipinski definition) is 2. The molecule has 0 aliphatic carbocycles. The van der Waals surface area contributed by atoms with Crippen molar-refractivity contribution < 1.29 is 43.5 Å². The first-order chi connectivity index (χ1) is 17.7. The molecule has 1 fully saturated rings. The van der Waals surface area contributed by atoms with Gasteiger partial charge in [0.25, 0.3) is 5.09 Å². The number of pyridine rings is 1. The number of carbonyl (C=O) groups excluding carboxylic acids is 1. The van der Waals surface area contributed by atoms with E-state index in [1.54, 1.807) is 18.9 Å². The molecule has 1 atom stereocenters. The van der Waals surface area contributed by atoms with Crippen LogP contribution < -0.4 is 15.9 Å². The summed E-state index contributed by atoms with van der Waals surface area (Å²) in [5.74, 6) is -2.88. The minimum atomic E-state index is -0.972. The maximum atomic E-state index is 15.8. The molecule has 1 aromatic heterocycles. The van der Waals surface area contributed by atoms with Crippen molar-refractivity contribution in [3.8, 4) is 0 Å². The van der Waals surface area contributed by atoms with Crippen molar-refractivity contribution in [1.82, 2.24) is 15.2 Å². The van der Waals surface area contributed by atoms with Gasteiger partial charge in [0.05, 0.1) is 24.1 Å². The second-order valence-corrected chi connectivity index (χ2v) is 8.21. The molecule has 3 rings (SSSR count). The summed E-state index contributed by atoms with van der Waals surface area (Å²) >= 11 is 0. The average molecular weight is 531 g/mol. The van der Waals surface area contributed by atoms with Gasteiger partial charge in [-0.2, -0.15) is 0 Å². The minimum Gasteiger partial charge on any atom is -0.462 e. The van der Waals surface area contributed by atoms with E-state index in [1.165, 1.54) is 15.7 Å². The number of ether oxygens (including phenoxy) is 1. The zero-order chi connectivity index (χ0) is 27.1. The molecular formula is C21H27F2N5O9. The van der Waals surface area contributed by atoms with Crippen molar-refractivity contribution in [1.29, 1.82) is 0 Å². The molecule has 2 heterocycles. The zero-order valence-electron chi connectivity index (χ0n) is 20.1. The third kappa shape index (κ3) is 6.47. The molecule has 1 saturated heterocycles. The summed E-state index contributed by atoms with van der Waals surface area (Å²) in [4.78, 5) is 45.6. The highest BCUT2D eigenvalue weighted by molar-refractivity contribution is 5.95. The van der Waals surface area contributed by atoms with Crippen LogP contribution in [0, 0.1) is 21.7 Å². The van der Waals surface area contributed by atoms with Gasteiger partial charge < -0.3 is 19.0 Å². The predicted octanol–water partition coefficient (Wildman–Crippen LogP) is 1.80. The number of unbranched alkanes of at least 4 members (excludes halogenated alkanes) is 1. The fourth-order valence-electron chi connectivity index (χ4n) is 4.11. The summed E-state index contributed by atoms with van der Waals surface area (Å²) in [7, 11) is 0. The topological polar surface area (TPSA) is 158 Å². The van der Waals surface area contributed by atoms with Gasteiger partial charge in [-0.3, -0.25) is 4.79 Å². The number of halogens is 2. The summed E-state index contributed by atoms with van der Waals surface area (Å²) in [5.41, 5.74) is 0.617. The number of anilines is 1. The van der Waals surface area contributed by atoms with Gasteiger partial charge in [-0.1, -0.05) is 15.6 Å². The summed E-state index contributed by atoms with van der Waals surface area (Å²) in [5, 5.41) is 22.3. The molecule has 2 aromatic rings. The van der Waals surface area contributed by atoms with Crippen LogP contribution in [0.3, 0.4) is 0 Å². The molecule has 1 unspecified atom stereocenters. The van der Waals surface area contributed by atoms with E-state index in [4.69, 9.17) is 9.99 Å². The highest BCUT2D eigenvalue weighted by Gasteiger charge is 2.30. The largest absolute Gasteiger partial charge is 0.462 e. The first kappa shape index (κ1) is 28.1. The lowest BCUT2D eigenvalue weighted by atomic mass is 10.1. The molecule has 1 aliphatic heterocycles. The smallest absolute Gasteiger partial charge is 0.343 e. The van der Waals surface area contributed by atoms with E-state index in [0.29, 0.717) is 0 Å². The fraction of sp³-hybridized carbons (Fsp3) is 0.524. The number of nitrogens with one attached hydrogen (secondary N) is 1. The Morgan fingerprint density at radius 3 is 2.68 bits per heavy atom. The monoisotopic (exact) mass is 531 g/mol. The van der Waals surface area contributed by atoms with Gasteiger partial charge in [-0.05, 0) is 32.8 Å². The number of esters is 1. The molecule has 37 heavy (non-hydrogen) atoms. The Labute approximate surface area is 208 Å². The Morgan fingerprint density at radius 2 is 2.03 bits per heavy atom. The fourth-order valence-corrected chi connectivity index (χ4v) is 4.11. The van der Waals surface area contributed by atoms with Crippen LogP contribution in [0.4, 0.5) is 14.5 Å². The summed E-state index contributed by atoms with van der Waals surface area (Å²) in [6.07, 6.45) is 1.67. The van der Waals surface area contributed by atoms with E-state index in [2.05, 4.69) is 20.5 Å². The van der Waals surface area contributed by atoms with Gasteiger partial charge in [-0.15, -0.1) is 10.1 Å². The molecular weight excluding hydrogens is 504 g/mol. The molecule has 0 spiro atoms. The van der Waals surface area contributed by atoms with E-state index < -0.39 is 28.1 Å². The van der Waals surface area contributed by atoms with Crippen LogP contribution in [0.15, 0.2) is 17.1 Å². The van der Waals surface area contributed by atoms with Crippen LogP contribution in [0.5, 0.6) is 0 Å². The van der Waals surface area contributed by atoms with Crippen molar-refractivity contribution in [3.05, 3.63) is 49.8 Å². The van der Waals surface area contributed by atoms with Gasteiger partial charge in [0, 0.05) is 38.4 Å². The Bertz CT molecular complexity index is 1200. The standard InChI is InChI=1S/C21H27F2N5O9/c1-3-25-12-15(21(30)34-8-4-5-9-35-28(31)32)20(29)14-10-16(22)19(17(23)18(14)25)26-6-7-27(13(2)11-26)24-36-37-33/h10,12-13,24,33H,3-9,11H2,1-2H3. The minimum absolute atomic E-state index is 0.125. The van der Waals surface area contributed by atoms with E-state index >= 15 is 8.78 Å². The Hall–Kier alpha value is -3.44. The molecule has 14 nitrogen and oxygen atoms in total. The van der Waals surface area contributed by atoms with Crippen molar-refractivity contribution in [2.45, 2.75) is 39.3 Å². The number of nitrogens with zero attached hydrogens (tertiary/aromatic N) is 4. The SMILES string of the molecule is CCn1cc(C(=O)OCCCCO[N+](=O)[O-])c(=O)c2cc(F)c(N3CCN(NOOO)C(C)C3)c(F)c21. The molecule has 0 saturated carbocycles. The number of piperazine rings is 1. The van der Waals surface area contributed by atoms with Gasteiger partial charge in [0.15, 0.2) is 5.82 Å². The van der Waals surface area contributed by atoms with E-state index in [9.17, 15) is 19.7 Å². The van der Waals surface area contributed by atoms with Crippen LogP contribution in [-0.2, 0) is 26.1 Å². The van der Waals surface area contributed by atoms with Crippen molar-refractivity contribution in [2.24, 2.45) is 0 Å². The van der Waals surface area contributed by atoms with Crippen LogP contribution in [0.25, 0.3) is 10.9 Å². The Kier molecular flexibility index (Phi) is 9.65. The van der Waals surface area contributed by atoms with E-state index in [-0.39, 0.29) is 80.4 Å². The lowest BCUT2D eigenvalue weighted by Crippen LogP contribution is -2.57. The number of benzene rings is 1. The Morgan fingerprint density at radius 1 is 1.30 bits per heavy atom. The summed E-state index contributed by atoms with van der Waals surface area (Å²) in [6.45, 7) is 3.92. The van der Waals surface area contributed by atoms with Crippen molar-refractivity contribution in [2.75, 3.05) is 37.7 Å². The second-order valence-electron chi connectivity index (χ2n) is 8.21. The molecule has 16 heteroatoms. The summed E-state index contributed by atoms with van der Waals surface area (Å²) < 4.78 is 37.4. The molecule has 0 radical (unpaired) electrons. The molecule has 204 valence electrons. The number of aromatic nitrogens is 1. The van der Waals surface area contributed by atoms with Crippen molar-refractivity contribution >= 4 is 22.6 Å². The van der Waals surface area contributed by atoms with Crippen LogP contribution >= 0.6 is 0 Å². The van der Waals surface area contributed by atoms with Gasteiger partial charge in [-0.25, -0.2) is 23.8 Å². The third-order valence-corrected chi connectivity index (χ3v) is 5.89.